The molecule has 1 aromatic heterocycles. The van der Waals surface area contributed by atoms with Crippen molar-refractivity contribution in [3.05, 3.63) is 22.5 Å². The summed E-state index contributed by atoms with van der Waals surface area (Å²) < 4.78 is 6.94. The van der Waals surface area contributed by atoms with Gasteiger partial charge in [0.25, 0.3) is 0 Å². The first kappa shape index (κ1) is 12.8. The number of halogens is 1. The molecule has 0 aliphatic heterocycles. The minimum absolute atomic E-state index is 0.652. The van der Waals surface area contributed by atoms with E-state index in [9.17, 15) is 0 Å². The molecule has 0 aliphatic rings. The maximum atomic E-state index is 5.74. The Balaban J connectivity index is 2.93. The standard InChI is InChI=1S/C11H17ClOSSi/c1-5-13-9(8-12)10-6-7-11(14-10)15(2,3)4/h6-8H,5H2,1-4H3/b9-8+. The first-order valence-electron chi connectivity index (χ1n) is 5.03. The molecule has 0 atom stereocenters. The van der Waals surface area contributed by atoms with Gasteiger partial charge < -0.3 is 4.74 Å². The summed E-state index contributed by atoms with van der Waals surface area (Å²) in [6.45, 7) is 9.64. The lowest BCUT2D eigenvalue weighted by Crippen LogP contribution is -2.34. The van der Waals surface area contributed by atoms with Crippen LogP contribution in [0.4, 0.5) is 0 Å². The molecule has 0 aliphatic carbocycles. The average molecular weight is 261 g/mol. The first-order chi connectivity index (χ1) is 6.99. The van der Waals surface area contributed by atoms with Gasteiger partial charge in [-0.2, -0.15) is 0 Å². The average Bonchev–Trinajstić information content (AvgIpc) is 2.62. The molecule has 1 nitrogen and oxygen atoms in total. The summed E-state index contributed by atoms with van der Waals surface area (Å²) >= 11 is 7.53. The fraction of sp³-hybridized carbons (Fsp3) is 0.455. The van der Waals surface area contributed by atoms with Crippen molar-refractivity contribution in [3.63, 3.8) is 0 Å². The van der Waals surface area contributed by atoms with E-state index in [0.717, 1.165) is 10.6 Å². The molecule has 4 heteroatoms. The molecule has 84 valence electrons. The summed E-state index contributed by atoms with van der Waals surface area (Å²) in [5, 5.41) is 0. The second kappa shape index (κ2) is 5.19. The predicted octanol–water partition coefficient (Wildman–Crippen LogP) is 3.87. The van der Waals surface area contributed by atoms with Gasteiger partial charge in [-0.25, -0.2) is 0 Å². The second-order valence-electron chi connectivity index (χ2n) is 4.32. The van der Waals surface area contributed by atoms with Gasteiger partial charge in [0.1, 0.15) is 5.76 Å². The number of hydrogen-bond acceptors (Lipinski definition) is 2. The van der Waals surface area contributed by atoms with Gasteiger partial charge in [-0.15, -0.1) is 11.3 Å². The number of rotatable bonds is 4. The fourth-order valence-corrected chi connectivity index (χ4v) is 4.30. The molecule has 0 N–H and O–H groups in total. The minimum atomic E-state index is -1.20. The summed E-state index contributed by atoms with van der Waals surface area (Å²) in [6, 6.07) is 4.30. The molecule has 1 heterocycles. The van der Waals surface area contributed by atoms with Crippen LogP contribution >= 0.6 is 22.9 Å². The van der Waals surface area contributed by atoms with Crippen LogP contribution < -0.4 is 4.50 Å². The largest absolute Gasteiger partial charge is 0.491 e. The van der Waals surface area contributed by atoms with E-state index in [1.807, 2.05) is 6.92 Å². The Morgan fingerprint density at radius 1 is 1.47 bits per heavy atom. The molecule has 0 fully saturated rings. The van der Waals surface area contributed by atoms with Gasteiger partial charge in [0.05, 0.1) is 19.6 Å². The molecule has 0 amide bonds. The van der Waals surface area contributed by atoms with Crippen LogP contribution in [0, 0.1) is 0 Å². The van der Waals surface area contributed by atoms with E-state index in [2.05, 4.69) is 31.8 Å². The van der Waals surface area contributed by atoms with Crippen molar-refractivity contribution in [2.24, 2.45) is 0 Å². The normalized spacial score (nSPS) is 13.0. The van der Waals surface area contributed by atoms with Crippen molar-refractivity contribution in [3.8, 4) is 0 Å². The summed E-state index contributed by atoms with van der Waals surface area (Å²) in [4.78, 5) is 1.13. The molecule has 0 aromatic carbocycles. The van der Waals surface area contributed by atoms with Crippen LogP contribution in [-0.2, 0) is 4.74 Å². The molecule has 0 bridgehead atoms. The molecule has 0 radical (unpaired) electrons. The highest BCUT2D eigenvalue weighted by molar-refractivity contribution is 7.27. The fourth-order valence-electron chi connectivity index (χ4n) is 1.19. The van der Waals surface area contributed by atoms with Gasteiger partial charge in [0.15, 0.2) is 0 Å². The van der Waals surface area contributed by atoms with Gasteiger partial charge in [0, 0.05) is 5.54 Å². The van der Waals surface area contributed by atoms with Crippen molar-refractivity contribution in [1.82, 2.24) is 0 Å². The SMILES string of the molecule is CCO/C(=C/Cl)c1ccc([Si](C)(C)C)s1. The lowest BCUT2D eigenvalue weighted by molar-refractivity contribution is 0.299. The van der Waals surface area contributed by atoms with Crippen LogP contribution in [0.15, 0.2) is 17.7 Å². The van der Waals surface area contributed by atoms with E-state index < -0.39 is 8.07 Å². The summed E-state index contributed by atoms with van der Waals surface area (Å²) in [5.74, 6) is 0.786. The van der Waals surface area contributed by atoms with E-state index in [1.165, 1.54) is 10.0 Å². The van der Waals surface area contributed by atoms with Crippen molar-refractivity contribution in [2.75, 3.05) is 6.61 Å². The molecule has 0 unspecified atom stereocenters. The molecule has 0 saturated heterocycles. The minimum Gasteiger partial charge on any atom is -0.491 e. The van der Waals surface area contributed by atoms with E-state index in [4.69, 9.17) is 16.3 Å². The lowest BCUT2D eigenvalue weighted by atomic mass is 10.4. The Morgan fingerprint density at radius 3 is 2.53 bits per heavy atom. The predicted molar refractivity (Wildman–Crippen MR) is 72.8 cm³/mol. The molecule has 0 spiro atoms. The zero-order valence-corrected chi connectivity index (χ0v) is 12.2. The molecule has 1 aromatic rings. The van der Waals surface area contributed by atoms with Crippen molar-refractivity contribution in [2.45, 2.75) is 26.6 Å². The second-order valence-corrected chi connectivity index (χ2v) is 11.0. The molecule has 1 rings (SSSR count). The van der Waals surface area contributed by atoms with E-state index in [0.29, 0.717) is 6.61 Å². The van der Waals surface area contributed by atoms with Crippen LogP contribution in [0.3, 0.4) is 0 Å². The highest BCUT2D eigenvalue weighted by Crippen LogP contribution is 2.23. The van der Waals surface area contributed by atoms with Crippen molar-refractivity contribution >= 4 is 41.3 Å². The van der Waals surface area contributed by atoms with Crippen LogP contribution in [0.25, 0.3) is 5.76 Å². The van der Waals surface area contributed by atoms with Crippen LogP contribution in [0.2, 0.25) is 19.6 Å². The molecule has 15 heavy (non-hydrogen) atoms. The Hall–Kier alpha value is -0.253. The molecular formula is C11H17ClOSSi. The summed E-state index contributed by atoms with van der Waals surface area (Å²) in [6.07, 6.45) is 0. The Kier molecular flexibility index (Phi) is 4.43. The van der Waals surface area contributed by atoms with E-state index in [1.54, 1.807) is 11.3 Å². The highest BCUT2D eigenvalue weighted by atomic mass is 35.5. The zero-order valence-electron chi connectivity index (χ0n) is 9.63. The topological polar surface area (TPSA) is 9.23 Å². The van der Waals surface area contributed by atoms with Crippen LogP contribution in [-0.4, -0.2) is 14.7 Å². The van der Waals surface area contributed by atoms with E-state index in [-0.39, 0.29) is 0 Å². The number of ether oxygens (including phenoxy) is 1. The Bertz CT molecular complexity index is 352. The smallest absolute Gasteiger partial charge is 0.147 e. The third-order valence-electron chi connectivity index (χ3n) is 1.99. The van der Waals surface area contributed by atoms with Gasteiger partial charge in [-0.1, -0.05) is 37.3 Å². The van der Waals surface area contributed by atoms with E-state index >= 15 is 0 Å². The van der Waals surface area contributed by atoms with Crippen molar-refractivity contribution in [1.29, 1.82) is 0 Å². The highest BCUT2D eigenvalue weighted by Gasteiger charge is 2.19. The Morgan fingerprint density at radius 2 is 2.13 bits per heavy atom. The van der Waals surface area contributed by atoms with Gasteiger partial charge >= 0.3 is 0 Å². The van der Waals surface area contributed by atoms with Crippen molar-refractivity contribution < 1.29 is 4.74 Å². The molecule has 0 saturated carbocycles. The number of thiophene rings is 1. The number of hydrogen-bond donors (Lipinski definition) is 0. The third kappa shape index (κ3) is 3.36. The van der Waals surface area contributed by atoms with Gasteiger partial charge in [-0.3, -0.25) is 0 Å². The zero-order chi connectivity index (χ0) is 11.5. The van der Waals surface area contributed by atoms with Crippen LogP contribution in [0.1, 0.15) is 11.8 Å². The first-order valence-corrected chi connectivity index (χ1v) is 9.78. The third-order valence-corrected chi connectivity index (χ3v) is 6.89. The maximum Gasteiger partial charge on any atom is 0.147 e. The van der Waals surface area contributed by atoms with Crippen LogP contribution in [0.5, 0.6) is 0 Å². The van der Waals surface area contributed by atoms with Gasteiger partial charge in [0.2, 0.25) is 0 Å². The monoisotopic (exact) mass is 260 g/mol. The quantitative estimate of drug-likeness (QED) is 0.590. The van der Waals surface area contributed by atoms with Gasteiger partial charge in [-0.05, 0) is 17.5 Å². The lowest BCUT2D eigenvalue weighted by Gasteiger charge is -2.12. The molecular weight excluding hydrogens is 244 g/mol. The maximum absolute atomic E-state index is 5.74. The summed E-state index contributed by atoms with van der Waals surface area (Å²) in [5.41, 5.74) is 1.52. The summed E-state index contributed by atoms with van der Waals surface area (Å²) in [7, 11) is -1.20. The Labute approximate surface area is 102 Å².